The van der Waals surface area contributed by atoms with Crippen molar-refractivity contribution in [2.75, 3.05) is 11.5 Å². The maximum absolute atomic E-state index is 12.2. The van der Waals surface area contributed by atoms with E-state index in [1.807, 2.05) is 31.2 Å². The molecule has 0 unspecified atom stereocenters. The Labute approximate surface area is 150 Å². The second-order valence-electron chi connectivity index (χ2n) is 6.11. The number of carbonyl (C=O) groups excluding carboxylic acids is 1. The minimum atomic E-state index is -3.02. The molecule has 2 aromatic rings. The number of aryl methyl sites for hydroxylation is 1. The van der Waals surface area contributed by atoms with Crippen LogP contribution in [0.25, 0.3) is 11.5 Å². The van der Waals surface area contributed by atoms with Crippen molar-refractivity contribution in [1.29, 1.82) is 0 Å². The van der Waals surface area contributed by atoms with Crippen LogP contribution in [-0.4, -0.2) is 47.3 Å². The van der Waals surface area contributed by atoms with E-state index >= 15 is 0 Å². The van der Waals surface area contributed by atoms with Crippen LogP contribution in [0.2, 0.25) is 0 Å². The van der Waals surface area contributed by atoms with Gasteiger partial charge >= 0.3 is 0 Å². The monoisotopic (exact) mass is 381 g/mol. The zero-order chi connectivity index (χ0) is 18.0. The fourth-order valence-electron chi connectivity index (χ4n) is 2.50. The van der Waals surface area contributed by atoms with Crippen molar-refractivity contribution in [3.8, 4) is 11.5 Å². The van der Waals surface area contributed by atoms with E-state index in [4.69, 9.17) is 4.42 Å². The molecule has 1 aromatic carbocycles. The van der Waals surface area contributed by atoms with Gasteiger partial charge in [0.2, 0.25) is 11.8 Å². The van der Waals surface area contributed by atoms with Gasteiger partial charge in [0.1, 0.15) is 0 Å². The molecule has 1 aliphatic heterocycles. The molecule has 2 atom stereocenters. The molecule has 1 N–H and O–H groups in total. The second kappa shape index (κ2) is 7.17. The van der Waals surface area contributed by atoms with Crippen LogP contribution in [0.15, 0.2) is 33.9 Å². The number of hydrogen-bond acceptors (Lipinski definition) is 7. The van der Waals surface area contributed by atoms with Crippen molar-refractivity contribution >= 4 is 27.5 Å². The number of benzene rings is 1. The van der Waals surface area contributed by atoms with Crippen molar-refractivity contribution in [2.24, 2.45) is 0 Å². The van der Waals surface area contributed by atoms with Gasteiger partial charge in [0, 0.05) is 11.6 Å². The predicted molar refractivity (Wildman–Crippen MR) is 95.0 cm³/mol. The number of rotatable bonds is 5. The quantitative estimate of drug-likeness (QED) is 0.788. The molecule has 25 heavy (non-hydrogen) atoms. The van der Waals surface area contributed by atoms with Gasteiger partial charge in [0.05, 0.1) is 16.8 Å². The number of thioether (sulfide) groups is 1. The largest absolute Gasteiger partial charge is 0.411 e. The number of aromatic nitrogens is 2. The minimum Gasteiger partial charge on any atom is -0.411 e. The minimum absolute atomic E-state index is 0.00819. The normalized spacial score (nSPS) is 20.3. The molecule has 1 aliphatic rings. The summed E-state index contributed by atoms with van der Waals surface area (Å²) in [5.41, 5.74) is 1.95. The molecule has 1 aromatic heterocycles. The summed E-state index contributed by atoms with van der Waals surface area (Å²) < 4.78 is 28.5. The maximum atomic E-state index is 12.2. The first-order valence-corrected chi connectivity index (χ1v) is 10.6. The Morgan fingerprint density at radius 3 is 2.68 bits per heavy atom. The molecular formula is C16H19N3O4S2. The summed E-state index contributed by atoms with van der Waals surface area (Å²) in [5, 5.41) is 10.6. The van der Waals surface area contributed by atoms with Gasteiger partial charge in [-0.1, -0.05) is 29.5 Å². The van der Waals surface area contributed by atoms with Crippen molar-refractivity contribution in [2.45, 2.75) is 36.8 Å². The number of nitrogens with one attached hydrogen (secondary N) is 1. The summed E-state index contributed by atoms with van der Waals surface area (Å²) in [4.78, 5) is 12.2. The van der Waals surface area contributed by atoms with Crippen LogP contribution in [-0.2, 0) is 14.6 Å². The Morgan fingerprint density at radius 1 is 1.32 bits per heavy atom. The SMILES string of the molecule is Cc1ccc(-c2nnc(S[C@H](C)C(=O)N[C@@H]3CCS(=O)(=O)C3)o2)cc1. The molecule has 1 amide bonds. The van der Waals surface area contributed by atoms with Gasteiger partial charge in [0.15, 0.2) is 9.84 Å². The van der Waals surface area contributed by atoms with Gasteiger partial charge in [-0.3, -0.25) is 4.79 Å². The molecule has 1 fully saturated rings. The highest BCUT2D eigenvalue weighted by Gasteiger charge is 2.30. The zero-order valence-electron chi connectivity index (χ0n) is 13.9. The van der Waals surface area contributed by atoms with Crippen LogP contribution in [0.3, 0.4) is 0 Å². The summed E-state index contributed by atoms with van der Waals surface area (Å²) in [7, 11) is -3.02. The number of sulfone groups is 1. The number of carbonyl (C=O) groups is 1. The van der Waals surface area contributed by atoms with Crippen molar-refractivity contribution in [3.63, 3.8) is 0 Å². The fourth-order valence-corrected chi connectivity index (χ4v) is 4.87. The summed E-state index contributed by atoms with van der Waals surface area (Å²) in [6.07, 6.45) is 0.462. The van der Waals surface area contributed by atoms with E-state index in [1.54, 1.807) is 6.92 Å². The lowest BCUT2D eigenvalue weighted by atomic mass is 10.1. The van der Waals surface area contributed by atoms with Crippen molar-refractivity contribution in [1.82, 2.24) is 15.5 Å². The molecule has 2 heterocycles. The van der Waals surface area contributed by atoms with E-state index in [2.05, 4.69) is 15.5 Å². The van der Waals surface area contributed by atoms with Crippen LogP contribution in [0.4, 0.5) is 0 Å². The third-order valence-corrected chi connectivity index (χ3v) is 6.63. The topological polar surface area (TPSA) is 102 Å². The molecule has 9 heteroatoms. The molecular weight excluding hydrogens is 362 g/mol. The Bertz CT molecular complexity index is 862. The standard InChI is InChI=1S/C16H19N3O4S2/c1-10-3-5-12(6-4-10)15-18-19-16(23-15)24-11(2)14(20)17-13-7-8-25(21,22)9-13/h3-6,11,13H,7-9H2,1-2H3,(H,17,20)/t11-,13-/m1/s1. The number of amides is 1. The van der Waals surface area contributed by atoms with Crippen LogP contribution in [0.1, 0.15) is 18.9 Å². The van der Waals surface area contributed by atoms with Gasteiger partial charge in [-0.05, 0) is 32.4 Å². The molecule has 0 spiro atoms. The van der Waals surface area contributed by atoms with E-state index < -0.39 is 15.1 Å². The van der Waals surface area contributed by atoms with E-state index in [1.165, 1.54) is 0 Å². The van der Waals surface area contributed by atoms with E-state index in [9.17, 15) is 13.2 Å². The van der Waals surface area contributed by atoms with Gasteiger partial charge in [-0.25, -0.2) is 8.42 Å². The molecule has 0 aliphatic carbocycles. The van der Waals surface area contributed by atoms with Gasteiger partial charge in [-0.2, -0.15) is 0 Å². The number of hydrogen-bond donors (Lipinski definition) is 1. The molecule has 1 saturated heterocycles. The average Bonchev–Trinajstić information content (AvgIpc) is 3.14. The summed E-state index contributed by atoms with van der Waals surface area (Å²) in [6, 6.07) is 7.39. The van der Waals surface area contributed by atoms with Crippen LogP contribution in [0.5, 0.6) is 0 Å². The smallest absolute Gasteiger partial charge is 0.277 e. The maximum Gasteiger partial charge on any atom is 0.277 e. The second-order valence-corrected chi connectivity index (χ2v) is 9.63. The lowest BCUT2D eigenvalue weighted by Crippen LogP contribution is -2.39. The summed E-state index contributed by atoms with van der Waals surface area (Å²) in [5.74, 6) is 0.302. The molecule has 3 rings (SSSR count). The lowest BCUT2D eigenvalue weighted by Gasteiger charge is -2.14. The Hall–Kier alpha value is -1.87. The highest BCUT2D eigenvalue weighted by Crippen LogP contribution is 2.26. The highest BCUT2D eigenvalue weighted by molar-refractivity contribution is 8.00. The average molecular weight is 381 g/mol. The molecule has 0 bridgehead atoms. The molecule has 134 valence electrons. The molecule has 0 saturated carbocycles. The number of nitrogens with zero attached hydrogens (tertiary/aromatic N) is 2. The van der Waals surface area contributed by atoms with Crippen molar-refractivity contribution in [3.05, 3.63) is 29.8 Å². The van der Waals surface area contributed by atoms with Gasteiger partial charge in [-0.15, -0.1) is 10.2 Å². The third-order valence-electron chi connectivity index (χ3n) is 3.93. The lowest BCUT2D eigenvalue weighted by molar-refractivity contribution is -0.120. The first-order chi connectivity index (χ1) is 11.8. The fraction of sp³-hybridized carbons (Fsp3) is 0.438. The van der Waals surface area contributed by atoms with E-state index in [-0.39, 0.29) is 23.5 Å². The van der Waals surface area contributed by atoms with E-state index in [0.29, 0.717) is 17.5 Å². The third kappa shape index (κ3) is 4.60. The zero-order valence-corrected chi connectivity index (χ0v) is 15.6. The Balaban J connectivity index is 1.58. The first-order valence-electron chi connectivity index (χ1n) is 7.90. The molecule has 7 nitrogen and oxygen atoms in total. The predicted octanol–water partition coefficient (Wildman–Crippen LogP) is 1.83. The van der Waals surface area contributed by atoms with Crippen LogP contribution < -0.4 is 5.32 Å². The van der Waals surface area contributed by atoms with Crippen molar-refractivity contribution < 1.29 is 17.6 Å². The van der Waals surface area contributed by atoms with Crippen LogP contribution >= 0.6 is 11.8 Å². The summed E-state index contributed by atoms with van der Waals surface area (Å²) in [6.45, 7) is 3.72. The first kappa shape index (κ1) is 17.9. The Morgan fingerprint density at radius 2 is 2.04 bits per heavy atom. The van der Waals surface area contributed by atoms with Gasteiger partial charge in [0.25, 0.3) is 5.22 Å². The van der Waals surface area contributed by atoms with Crippen LogP contribution in [0, 0.1) is 6.92 Å². The molecule has 0 radical (unpaired) electrons. The summed E-state index contributed by atoms with van der Waals surface area (Å²) >= 11 is 1.15. The highest BCUT2D eigenvalue weighted by atomic mass is 32.2. The van der Waals surface area contributed by atoms with Gasteiger partial charge < -0.3 is 9.73 Å². The Kier molecular flexibility index (Phi) is 5.14. The van der Waals surface area contributed by atoms with E-state index in [0.717, 1.165) is 22.9 Å².